The molecule has 1 aromatic rings. The predicted octanol–water partition coefficient (Wildman–Crippen LogP) is 3.21. The summed E-state index contributed by atoms with van der Waals surface area (Å²) in [5.74, 6) is 0. The van der Waals surface area contributed by atoms with Crippen LogP contribution in [-0.4, -0.2) is 31.1 Å². The molecule has 1 aromatic carbocycles. The van der Waals surface area contributed by atoms with Gasteiger partial charge in [-0.05, 0) is 30.2 Å². The molecule has 3 rings (SSSR count). The highest BCUT2D eigenvalue weighted by atomic mass is 15.2. The first-order chi connectivity index (χ1) is 9.33. The zero-order valence-electron chi connectivity index (χ0n) is 12.1. The molecule has 1 saturated heterocycles. The van der Waals surface area contributed by atoms with Crippen LogP contribution in [0.1, 0.15) is 44.2 Å². The van der Waals surface area contributed by atoms with Crippen molar-refractivity contribution in [1.29, 1.82) is 0 Å². The summed E-state index contributed by atoms with van der Waals surface area (Å²) < 4.78 is 0. The van der Waals surface area contributed by atoms with E-state index in [1.807, 2.05) is 0 Å². The second-order valence-electron chi connectivity index (χ2n) is 6.31. The third-order valence-electron chi connectivity index (χ3n) is 5.24. The van der Waals surface area contributed by atoms with Crippen LogP contribution in [0.15, 0.2) is 30.3 Å². The predicted molar refractivity (Wildman–Crippen MR) is 80.2 cm³/mol. The van der Waals surface area contributed by atoms with Crippen molar-refractivity contribution >= 4 is 0 Å². The van der Waals surface area contributed by atoms with E-state index in [9.17, 15) is 0 Å². The Morgan fingerprint density at radius 3 is 2.68 bits per heavy atom. The van der Waals surface area contributed by atoms with Gasteiger partial charge in [-0.1, -0.05) is 43.7 Å². The number of hydrogen-bond acceptors (Lipinski definition) is 2. The molecule has 0 bridgehead atoms. The summed E-state index contributed by atoms with van der Waals surface area (Å²) in [6.07, 6.45) is 5.66. The lowest BCUT2D eigenvalue weighted by molar-refractivity contribution is 0.0306. The number of rotatable bonds is 4. The van der Waals surface area contributed by atoms with Gasteiger partial charge in [-0.15, -0.1) is 0 Å². The lowest BCUT2D eigenvalue weighted by atomic mass is 9.66. The fourth-order valence-corrected chi connectivity index (χ4v) is 3.67. The highest BCUT2D eigenvalue weighted by Gasteiger charge is 2.38. The maximum Gasteiger partial charge on any atom is 0.0473 e. The van der Waals surface area contributed by atoms with Crippen LogP contribution in [0, 0.1) is 5.41 Å². The van der Waals surface area contributed by atoms with Gasteiger partial charge >= 0.3 is 0 Å². The molecule has 2 nitrogen and oxygen atoms in total. The van der Waals surface area contributed by atoms with E-state index in [4.69, 9.17) is 0 Å². The SMILES string of the molecule is CCC1(CN2CCNCC2c2ccccc2)CCC1. The minimum Gasteiger partial charge on any atom is -0.314 e. The standard InChI is InChI=1S/C17H26N2/c1-2-17(9-6-10-17)14-19-12-11-18-13-16(19)15-7-4-3-5-8-15/h3-5,7-8,16,18H,2,6,9-14H2,1H3. The third kappa shape index (κ3) is 2.70. The van der Waals surface area contributed by atoms with Gasteiger partial charge < -0.3 is 5.32 Å². The average Bonchev–Trinajstić information content (AvgIpc) is 2.44. The van der Waals surface area contributed by atoms with Gasteiger partial charge in [0, 0.05) is 32.2 Å². The smallest absolute Gasteiger partial charge is 0.0473 e. The number of benzene rings is 1. The summed E-state index contributed by atoms with van der Waals surface area (Å²) in [5.41, 5.74) is 2.10. The van der Waals surface area contributed by atoms with Crippen LogP contribution >= 0.6 is 0 Å². The molecule has 19 heavy (non-hydrogen) atoms. The van der Waals surface area contributed by atoms with E-state index in [1.54, 1.807) is 0 Å². The summed E-state index contributed by atoms with van der Waals surface area (Å²) in [7, 11) is 0. The monoisotopic (exact) mass is 258 g/mol. The van der Waals surface area contributed by atoms with Gasteiger partial charge in [-0.2, -0.15) is 0 Å². The molecule has 1 N–H and O–H groups in total. The number of piperazine rings is 1. The molecule has 2 heteroatoms. The van der Waals surface area contributed by atoms with E-state index >= 15 is 0 Å². The van der Waals surface area contributed by atoms with Crippen LogP contribution in [0.2, 0.25) is 0 Å². The van der Waals surface area contributed by atoms with Crippen molar-refractivity contribution < 1.29 is 0 Å². The highest BCUT2D eigenvalue weighted by Crippen LogP contribution is 2.45. The van der Waals surface area contributed by atoms with Gasteiger partial charge in [0.15, 0.2) is 0 Å². The first-order valence-corrected chi connectivity index (χ1v) is 7.83. The topological polar surface area (TPSA) is 15.3 Å². The summed E-state index contributed by atoms with van der Waals surface area (Å²) in [4.78, 5) is 2.73. The lowest BCUT2D eigenvalue weighted by Gasteiger charge is -2.48. The summed E-state index contributed by atoms with van der Waals surface area (Å²) in [5, 5.41) is 3.56. The molecule has 104 valence electrons. The van der Waals surface area contributed by atoms with Crippen LogP contribution in [0.4, 0.5) is 0 Å². The first kappa shape index (κ1) is 13.1. The zero-order valence-corrected chi connectivity index (χ0v) is 12.1. The minimum absolute atomic E-state index is 0.568. The minimum atomic E-state index is 0.568. The van der Waals surface area contributed by atoms with Gasteiger partial charge in [0.05, 0.1) is 0 Å². The Labute approximate surface area is 117 Å². The van der Waals surface area contributed by atoms with Crippen molar-refractivity contribution in [1.82, 2.24) is 10.2 Å². The van der Waals surface area contributed by atoms with Gasteiger partial charge in [0.2, 0.25) is 0 Å². The Hall–Kier alpha value is -0.860. The highest BCUT2D eigenvalue weighted by molar-refractivity contribution is 5.20. The van der Waals surface area contributed by atoms with E-state index in [0.29, 0.717) is 11.5 Å². The van der Waals surface area contributed by atoms with Crippen molar-refractivity contribution in [2.24, 2.45) is 5.41 Å². The van der Waals surface area contributed by atoms with E-state index in [1.165, 1.54) is 44.3 Å². The van der Waals surface area contributed by atoms with Crippen LogP contribution in [0.25, 0.3) is 0 Å². The molecule has 0 amide bonds. The van der Waals surface area contributed by atoms with Crippen molar-refractivity contribution in [3.8, 4) is 0 Å². The van der Waals surface area contributed by atoms with Crippen LogP contribution in [-0.2, 0) is 0 Å². The Kier molecular flexibility index (Phi) is 3.90. The molecule has 0 radical (unpaired) electrons. The lowest BCUT2D eigenvalue weighted by Crippen LogP contribution is -2.51. The van der Waals surface area contributed by atoms with E-state index < -0.39 is 0 Å². The Bertz CT molecular complexity index is 391. The molecule has 0 spiro atoms. The Morgan fingerprint density at radius 2 is 2.05 bits per heavy atom. The van der Waals surface area contributed by atoms with Crippen molar-refractivity contribution in [3.05, 3.63) is 35.9 Å². The second-order valence-corrected chi connectivity index (χ2v) is 6.31. The molecule has 1 aliphatic carbocycles. The summed E-state index contributed by atoms with van der Waals surface area (Å²) >= 11 is 0. The molecule has 2 aliphatic rings. The number of nitrogens with zero attached hydrogens (tertiary/aromatic N) is 1. The normalized spacial score (nSPS) is 26.9. The molecular formula is C17H26N2. The second kappa shape index (κ2) is 5.64. The quantitative estimate of drug-likeness (QED) is 0.892. The van der Waals surface area contributed by atoms with E-state index in [-0.39, 0.29) is 0 Å². The molecule has 2 fully saturated rings. The summed E-state index contributed by atoms with van der Waals surface area (Å²) in [6, 6.07) is 11.6. The zero-order chi connectivity index (χ0) is 13.1. The van der Waals surface area contributed by atoms with Gasteiger partial charge in [0.1, 0.15) is 0 Å². The number of nitrogens with one attached hydrogen (secondary N) is 1. The largest absolute Gasteiger partial charge is 0.314 e. The van der Waals surface area contributed by atoms with Gasteiger partial charge in [-0.25, -0.2) is 0 Å². The molecule has 0 aromatic heterocycles. The average molecular weight is 258 g/mol. The fraction of sp³-hybridized carbons (Fsp3) is 0.647. The summed E-state index contributed by atoms with van der Waals surface area (Å²) in [6.45, 7) is 7.11. The molecule has 1 heterocycles. The van der Waals surface area contributed by atoms with Gasteiger partial charge in [0.25, 0.3) is 0 Å². The fourth-order valence-electron chi connectivity index (χ4n) is 3.67. The van der Waals surface area contributed by atoms with Crippen LogP contribution < -0.4 is 5.32 Å². The molecule has 1 atom stereocenters. The maximum absolute atomic E-state index is 3.56. The van der Waals surface area contributed by atoms with Crippen LogP contribution in [0.5, 0.6) is 0 Å². The van der Waals surface area contributed by atoms with E-state index in [0.717, 1.165) is 13.1 Å². The molecule has 1 saturated carbocycles. The van der Waals surface area contributed by atoms with Crippen molar-refractivity contribution in [2.45, 2.75) is 38.6 Å². The third-order valence-corrected chi connectivity index (χ3v) is 5.24. The van der Waals surface area contributed by atoms with Crippen molar-refractivity contribution in [2.75, 3.05) is 26.2 Å². The molecule has 1 aliphatic heterocycles. The molecule has 1 unspecified atom stereocenters. The van der Waals surface area contributed by atoms with Gasteiger partial charge in [-0.3, -0.25) is 4.90 Å². The molecular weight excluding hydrogens is 232 g/mol. The van der Waals surface area contributed by atoms with Crippen LogP contribution in [0.3, 0.4) is 0 Å². The van der Waals surface area contributed by atoms with Crippen molar-refractivity contribution in [3.63, 3.8) is 0 Å². The Morgan fingerprint density at radius 1 is 1.26 bits per heavy atom. The first-order valence-electron chi connectivity index (χ1n) is 7.83. The van der Waals surface area contributed by atoms with E-state index in [2.05, 4.69) is 47.5 Å². The Balaban J connectivity index is 1.74. The maximum atomic E-state index is 3.56. The number of hydrogen-bond donors (Lipinski definition) is 1.